The number of benzene rings is 3. The van der Waals surface area contributed by atoms with E-state index in [9.17, 15) is 4.79 Å². The fraction of sp³-hybridized carbons (Fsp3) is 0.344. The van der Waals surface area contributed by atoms with Gasteiger partial charge in [-0.15, -0.1) is 0 Å². The van der Waals surface area contributed by atoms with Crippen LogP contribution in [0.1, 0.15) is 52.1 Å². The van der Waals surface area contributed by atoms with E-state index in [0.29, 0.717) is 31.1 Å². The SMILES string of the molecule is N=C(N)c1ccc(CCc2nc3cc(C(=O)N(CCN)CCCc4ccccc4)ccc3n2CC2CC2)cc1. The third-order valence-electron chi connectivity index (χ3n) is 7.54. The average molecular weight is 523 g/mol. The first-order chi connectivity index (χ1) is 19.0. The fourth-order valence-electron chi connectivity index (χ4n) is 5.15. The maximum absolute atomic E-state index is 13.5. The van der Waals surface area contributed by atoms with Crippen LogP contribution in [-0.4, -0.2) is 45.8 Å². The van der Waals surface area contributed by atoms with Gasteiger partial charge >= 0.3 is 0 Å². The molecule has 5 rings (SSSR count). The molecule has 0 saturated heterocycles. The Labute approximate surface area is 230 Å². The van der Waals surface area contributed by atoms with Crippen molar-refractivity contribution in [2.24, 2.45) is 17.4 Å². The highest BCUT2D eigenvalue weighted by Gasteiger charge is 2.25. The van der Waals surface area contributed by atoms with Crippen molar-refractivity contribution in [1.82, 2.24) is 14.5 Å². The van der Waals surface area contributed by atoms with Crippen molar-refractivity contribution < 1.29 is 4.79 Å². The first kappa shape index (κ1) is 26.6. The molecular weight excluding hydrogens is 484 g/mol. The molecule has 0 aliphatic heterocycles. The van der Waals surface area contributed by atoms with Crippen LogP contribution >= 0.6 is 0 Å². The van der Waals surface area contributed by atoms with E-state index < -0.39 is 0 Å². The van der Waals surface area contributed by atoms with Gasteiger partial charge in [0.2, 0.25) is 0 Å². The Balaban J connectivity index is 1.32. The van der Waals surface area contributed by atoms with Crippen molar-refractivity contribution in [2.75, 3.05) is 19.6 Å². The van der Waals surface area contributed by atoms with Gasteiger partial charge < -0.3 is 20.9 Å². The number of rotatable bonds is 13. The summed E-state index contributed by atoms with van der Waals surface area (Å²) in [5.41, 5.74) is 17.3. The molecule has 0 spiro atoms. The molecule has 1 aromatic heterocycles. The van der Waals surface area contributed by atoms with Gasteiger partial charge in [0.15, 0.2) is 0 Å². The summed E-state index contributed by atoms with van der Waals surface area (Å²) in [7, 11) is 0. The minimum atomic E-state index is 0.0132. The Morgan fingerprint density at radius 2 is 1.64 bits per heavy atom. The van der Waals surface area contributed by atoms with Crippen molar-refractivity contribution in [3.8, 4) is 0 Å². The minimum absolute atomic E-state index is 0.0132. The second-order valence-electron chi connectivity index (χ2n) is 10.6. The molecule has 1 heterocycles. The number of nitrogens with zero attached hydrogens (tertiary/aromatic N) is 3. The van der Waals surface area contributed by atoms with Crippen LogP contribution in [-0.2, 0) is 25.8 Å². The summed E-state index contributed by atoms with van der Waals surface area (Å²) in [6.45, 7) is 2.62. The van der Waals surface area contributed by atoms with E-state index in [1.54, 1.807) is 0 Å². The monoisotopic (exact) mass is 522 g/mol. The molecule has 1 saturated carbocycles. The van der Waals surface area contributed by atoms with Gasteiger partial charge in [-0.05, 0) is 67.3 Å². The lowest BCUT2D eigenvalue weighted by molar-refractivity contribution is 0.0758. The molecule has 0 radical (unpaired) electrons. The first-order valence-corrected chi connectivity index (χ1v) is 14.0. The average Bonchev–Trinajstić information content (AvgIpc) is 3.72. The summed E-state index contributed by atoms with van der Waals surface area (Å²) in [5, 5.41) is 7.60. The number of aryl methyl sites for hydroxylation is 3. The highest BCUT2D eigenvalue weighted by Crippen LogP contribution is 2.33. The number of nitrogens with one attached hydrogen (secondary N) is 1. The predicted octanol–water partition coefficient (Wildman–Crippen LogP) is 4.55. The zero-order chi connectivity index (χ0) is 27.2. The zero-order valence-corrected chi connectivity index (χ0v) is 22.5. The van der Waals surface area contributed by atoms with Crippen molar-refractivity contribution >= 4 is 22.8 Å². The molecule has 202 valence electrons. The number of nitrogens with two attached hydrogens (primary N) is 2. The number of fused-ring (bicyclic) bond motifs is 1. The third kappa shape index (κ3) is 6.73. The molecule has 0 unspecified atom stereocenters. The van der Waals surface area contributed by atoms with Crippen molar-refractivity contribution in [1.29, 1.82) is 5.41 Å². The van der Waals surface area contributed by atoms with Gasteiger partial charge in [0, 0.05) is 43.7 Å². The molecule has 1 aliphatic carbocycles. The van der Waals surface area contributed by atoms with Crippen LogP contribution in [0.25, 0.3) is 11.0 Å². The highest BCUT2D eigenvalue weighted by atomic mass is 16.2. The van der Waals surface area contributed by atoms with E-state index in [4.69, 9.17) is 21.9 Å². The number of aromatic nitrogens is 2. The predicted molar refractivity (Wildman–Crippen MR) is 157 cm³/mol. The summed E-state index contributed by atoms with van der Waals surface area (Å²) in [4.78, 5) is 20.4. The standard InChI is InChI=1S/C32H38N6O/c33-18-20-37(19-4-7-23-5-2-1-3-6-23)32(39)27-15-16-29-28(21-27)36-30(38(29)22-25-8-9-25)17-12-24-10-13-26(14-11-24)31(34)35/h1-3,5-6,10-11,13-16,21,25H,4,7-9,12,17-20,22,33H2,(H3,34,35). The number of carbonyl (C=O) groups excluding carboxylic acids is 1. The molecule has 0 atom stereocenters. The minimum Gasteiger partial charge on any atom is -0.384 e. The van der Waals surface area contributed by atoms with E-state index in [1.165, 1.54) is 24.0 Å². The Morgan fingerprint density at radius 3 is 2.33 bits per heavy atom. The highest BCUT2D eigenvalue weighted by molar-refractivity contribution is 5.97. The summed E-state index contributed by atoms with van der Waals surface area (Å²) in [6.07, 6.45) is 6.01. The van der Waals surface area contributed by atoms with Gasteiger partial charge in [-0.2, -0.15) is 0 Å². The maximum atomic E-state index is 13.5. The molecule has 1 fully saturated rings. The van der Waals surface area contributed by atoms with E-state index in [1.807, 2.05) is 59.5 Å². The van der Waals surface area contributed by atoms with Crippen LogP contribution in [0.4, 0.5) is 0 Å². The first-order valence-electron chi connectivity index (χ1n) is 14.0. The molecule has 7 heteroatoms. The maximum Gasteiger partial charge on any atom is 0.253 e. The second kappa shape index (κ2) is 12.3. The van der Waals surface area contributed by atoms with Crippen molar-refractivity contribution in [3.05, 3.63) is 101 Å². The number of amides is 1. The summed E-state index contributed by atoms with van der Waals surface area (Å²) in [5.74, 6) is 1.86. The molecule has 3 aromatic carbocycles. The van der Waals surface area contributed by atoms with Crippen LogP contribution in [0.15, 0.2) is 72.8 Å². The third-order valence-corrected chi connectivity index (χ3v) is 7.54. The molecule has 5 N–H and O–H groups in total. The smallest absolute Gasteiger partial charge is 0.253 e. The van der Waals surface area contributed by atoms with E-state index in [2.05, 4.69) is 22.8 Å². The quantitative estimate of drug-likeness (QED) is 0.177. The lowest BCUT2D eigenvalue weighted by Crippen LogP contribution is -2.36. The van der Waals surface area contributed by atoms with Crippen LogP contribution in [0.2, 0.25) is 0 Å². The van der Waals surface area contributed by atoms with Gasteiger partial charge in [-0.3, -0.25) is 10.2 Å². The summed E-state index contributed by atoms with van der Waals surface area (Å²) >= 11 is 0. The van der Waals surface area contributed by atoms with Crippen LogP contribution in [0, 0.1) is 11.3 Å². The molecule has 1 amide bonds. The summed E-state index contributed by atoms with van der Waals surface area (Å²) < 4.78 is 2.35. The fourth-order valence-corrected chi connectivity index (χ4v) is 5.15. The Kier molecular flexibility index (Phi) is 8.37. The van der Waals surface area contributed by atoms with E-state index in [-0.39, 0.29) is 11.7 Å². The number of hydrogen-bond acceptors (Lipinski definition) is 4. The molecule has 39 heavy (non-hydrogen) atoms. The number of carbonyl (C=O) groups is 1. The summed E-state index contributed by atoms with van der Waals surface area (Å²) in [6, 6.07) is 24.2. The molecule has 7 nitrogen and oxygen atoms in total. The lowest BCUT2D eigenvalue weighted by atomic mass is 10.1. The van der Waals surface area contributed by atoms with Crippen LogP contribution in [0.3, 0.4) is 0 Å². The van der Waals surface area contributed by atoms with Gasteiger partial charge in [0.1, 0.15) is 11.7 Å². The molecule has 4 aromatic rings. The Morgan fingerprint density at radius 1 is 0.923 bits per heavy atom. The number of hydrogen-bond donors (Lipinski definition) is 3. The van der Waals surface area contributed by atoms with Gasteiger partial charge in [0.05, 0.1) is 11.0 Å². The zero-order valence-electron chi connectivity index (χ0n) is 22.5. The number of nitrogen functional groups attached to an aromatic ring is 1. The second-order valence-corrected chi connectivity index (χ2v) is 10.6. The Bertz CT molecular complexity index is 1420. The molecular formula is C32H38N6O. The molecule has 0 bridgehead atoms. The largest absolute Gasteiger partial charge is 0.384 e. The molecule has 1 aliphatic rings. The van der Waals surface area contributed by atoms with Gasteiger partial charge in [0.25, 0.3) is 5.91 Å². The Hall–Kier alpha value is -3.97. The van der Waals surface area contributed by atoms with Gasteiger partial charge in [-0.25, -0.2) is 4.98 Å². The normalized spacial score (nSPS) is 13.1. The number of imidazole rings is 1. The number of amidine groups is 1. The van der Waals surface area contributed by atoms with Gasteiger partial charge in [-0.1, -0.05) is 54.6 Å². The van der Waals surface area contributed by atoms with Crippen molar-refractivity contribution in [3.63, 3.8) is 0 Å². The van der Waals surface area contributed by atoms with Crippen LogP contribution < -0.4 is 11.5 Å². The van der Waals surface area contributed by atoms with E-state index in [0.717, 1.165) is 54.6 Å². The topological polar surface area (TPSA) is 114 Å². The van der Waals surface area contributed by atoms with E-state index >= 15 is 0 Å². The van der Waals surface area contributed by atoms with Crippen LogP contribution in [0.5, 0.6) is 0 Å². The lowest BCUT2D eigenvalue weighted by Gasteiger charge is -2.22. The van der Waals surface area contributed by atoms with Crippen molar-refractivity contribution in [2.45, 2.75) is 45.1 Å².